The zero-order valence-corrected chi connectivity index (χ0v) is 32.8. The van der Waals surface area contributed by atoms with Crippen molar-refractivity contribution >= 4 is 88.1 Å². The quantitative estimate of drug-likeness (QED) is 0.154. The van der Waals surface area contributed by atoms with E-state index in [1.165, 1.54) is 125 Å². The molecule has 0 spiro atoms. The smallest absolute Gasteiger partial charge is 0.00110 e. The second-order valence-electron chi connectivity index (χ2n) is 16.0. The highest BCUT2D eigenvalue weighted by molar-refractivity contribution is 6.40. The summed E-state index contributed by atoms with van der Waals surface area (Å²) in [6.45, 7) is 11.7. The summed E-state index contributed by atoms with van der Waals surface area (Å²) in [5, 5.41) is 18.7. The van der Waals surface area contributed by atoms with Crippen molar-refractivity contribution in [3.05, 3.63) is 205 Å². The lowest BCUT2D eigenvalue weighted by Gasteiger charge is -2.15. The lowest BCUT2D eigenvalue weighted by atomic mass is 9.88. The molecule has 59 heavy (non-hydrogen) atoms. The number of hydrogen-bond donors (Lipinski definition) is 0. The van der Waals surface area contributed by atoms with E-state index in [2.05, 4.69) is 202 Å². The molecule has 0 heterocycles. The molecule has 0 radical (unpaired) electrons. The summed E-state index contributed by atoms with van der Waals surface area (Å²) in [5.41, 5.74) is 12.3. The molecule has 12 aromatic rings. The van der Waals surface area contributed by atoms with Crippen LogP contribution in [0.4, 0.5) is 0 Å². The maximum Gasteiger partial charge on any atom is -0.00110 e. The third-order valence-electron chi connectivity index (χ3n) is 13.1. The number of hydrogen-bond acceptors (Lipinski definition) is 0. The Morgan fingerprint density at radius 1 is 0.339 bits per heavy atom. The first-order chi connectivity index (χ1) is 29.1. The number of fused-ring (bicyclic) bond motifs is 9. The van der Waals surface area contributed by atoms with Gasteiger partial charge in [0.05, 0.1) is 0 Å². The molecule has 0 fully saturated rings. The molecule has 0 saturated carbocycles. The Hall–Kier alpha value is -7.54. The van der Waals surface area contributed by atoms with Gasteiger partial charge in [-0.15, -0.1) is 0 Å². The van der Waals surface area contributed by atoms with Gasteiger partial charge in [0.1, 0.15) is 0 Å². The molecule has 0 N–H and O–H groups in total. The topological polar surface area (TPSA) is 0 Å². The largest absolute Gasteiger partial charge is 0.0984 e. The molecule has 0 aromatic heterocycles. The molecular formula is C59H38. The van der Waals surface area contributed by atoms with Crippen LogP contribution < -0.4 is 5.22 Å². The van der Waals surface area contributed by atoms with Gasteiger partial charge in [-0.3, -0.25) is 0 Å². The van der Waals surface area contributed by atoms with Gasteiger partial charge in [-0.25, -0.2) is 0 Å². The maximum absolute atomic E-state index is 4.90. The maximum atomic E-state index is 4.90. The zero-order chi connectivity index (χ0) is 39.4. The zero-order valence-electron chi connectivity index (χ0n) is 32.8. The number of benzene rings is 10. The van der Waals surface area contributed by atoms with Gasteiger partial charge in [0, 0.05) is 0 Å². The van der Waals surface area contributed by atoms with Crippen LogP contribution in [-0.2, 0) is 0 Å². The summed E-state index contributed by atoms with van der Waals surface area (Å²) >= 11 is 0. The monoisotopic (exact) mass is 746 g/mol. The van der Waals surface area contributed by atoms with Crippen molar-refractivity contribution in [3.8, 4) is 44.5 Å². The summed E-state index contributed by atoms with van der Waals surface area (Å²) in [6.07, 6.45) is 2.08. The minimum Gasteiger partial charge on any atom is -0.0984 e. The van der Waals surface area contributed by atoms with E-state index in [1.807, 2.05) is 0 Å². The minimum absolute atomic E-state index is 1.07. The molecule has 0 atom stereocenters. The van der Waals surface area contributed by atoms with Gasteiger partial charge in [-0.2, -0.15) is 0 Å². The van der Waals surface area contributed by atoms with Crippen LogP contribution in [0.1, 0.15) is 11.1 Å². The van der Waals surface area contributed by atoms with Crippen molar-refractivity contribution in [2.24, 2.45) is 0 Å². The van der Waals surface area contributed by atoms with Crippen LogP contribution in [0.25, 0.3) is 133 Å². The van der Waals surface area contributed by atoms with E-state index in [1.54, 1.807) is 0 Å². The van der Waals surface area contributed by atoms with E-state index >= 15 is 0 Å². The Balaban J connectivity index is 1.29. The van der Waals surface area contributed by atoms with Crippen molar-refractivity contribution in [3.63, 3.8) is 0 Å². The first-order valence-electron chi connectivity index (χ1n) is 20.5. The molecule has 0 aliphatic heterocycles. The van der Waals surface area contributed by atoms with Crippen LogP contribution in [0.5, 0.6) is 0 Å². The first-order valence-corrected chi connectivity index (χ1v) is 20.5. The highest BCUT2D eigenvalue weighted by Gasteiger charge is 2.25. The molecule has 0 bridgehead atoms. The van der Waals surface area contributed by atoms with Crippen molar-refractivity contribution in [1.29, 1.82) is 0 Å². The van der Waals surface area contributed by atoms with Crippen LogP contribution in [0.2, 0.25) is 0 Å². The lowest BCUT2D eigenvalue weighted by Crippen LogP contribution is -1.99. The molecule has 12 rings (SSSR count). The highest BCUT2D eigenvalue weighted by Crippen LogP contribution is 2.51. The molecule has 0 heteroatoms. The molecular weight excluding hydrogens is 709 g/mol. The van der Waals surface area contributed by atoms with E-state index in [0.717, 1.165) is 10.8 Å². The third-order valence-corrected chi connectivity index (χ3v) is 13.1. The molecule has 0 aliphatic carbocycles. The van der Waals surface area contributed by atoms with Crippen molar-refractivity contribution in [2.45, 2.75) is 6.92 Å². The van der Waals surface area contributed by atoms with Crippen LogP contribution >= 0.6 is 0 Å². The van der Waals surface area contributed by atoms with E-state index < -0.39 is 0 Å². The molecule has 0 unspecified atom stereocenters. The fourth-order valence-corrected chi connectivity index (χ4v) is 10.6. The fourth-order valence-electron chi connectivity index (χ4n) is 10.6. The minimum atomic E-state index is 1.07. The summed E-state index contributed by atoms with van der Waals surface area (Å²) in [5.74, 6) is 0. The molecule has 0 nitrogen and oxygen atoms in total. The second kappa shape index (κ2) is 12.7. The molecule has 0 saturated heterocycles. The Morgan fingerprint density at radius 2 is 0.864 bits per heavy atom. The van der Waals surface area contributed by atoms with Crippen LogP contribution in [0, 0.1) is 6.92 Å². The summed E-state index contributed by atoms with van der Waals surface area (Å²) in [6, 6.07) is 66.9. The summed E-state index contributed by atoms with van der Waals surface area (Å²) in [4.78, 5) is 0. The standard InChI is InChI=1S/C59H38/c1-4-40-49-33-52-56-46(50(49)34-51-54(40)36(3)53-35(2)41-25-14-17-28-45(41)55(59(51)53)39-23-12-7-13-24-39)29-18-30-48(56)57-43(38-21-10-6-11-22-38)31-32-47(58(52)57)44-27-16-15-26-42(44)37-19-8-5-9-20-37/h4-34H,1,3H2,2H3. The Bertz CT molecular complexity index is 3730. The fraction of sp³-hybridized carbons (Fsp3) is 0.0169. The van der Waals surface area contributed by atoms with Crippen molar-refractivity contribution in [2.75, 3.05) is 0 Å². The Morgan fingerprint density at radius 3 is 1.58 bits per heavy atom. The van der Waals surface area contributed by atoms with Crippen LogP contribution in [0.3, 0.4) is 0 Å². The van der Waals surface area contributed by atoms with E-state index in [9.17, 15) is 0 Å². The number of aryl methyl sites for hydroxylation is 1. The van der Waals surface area contributed by atoms with Gasteiger partial charge in [0.15, 0.2) is 0 Å². The molecule has 0 aliphatic rings. The van der Waals surface area contributed by atoms with Gasteiger partial charge in [0.2, 0.25) is 0 Å². The molecule has 0 amide bonds. The molecule has 274 valence electrons. The second-order valence-corrected chi connectivity index (χ2v) is 16.0. The van der Waals surface area contributed by atoms with Gasteiger partial charge in [-0.1, -0.05) is 189 Å². The van der Waals surface area contributed by atoms with Crippen LogP contribution in [0.15, 0.2) is 189 Å². The average Bonchev–Trinajstić information content (AvgIpc) is 3.79. The van der Waals surface area contributed by atoms with E-state index in [0.29, 0.717) is 0 Å². The van der Waals surface area contributed by atoms with Crippen LogP contribution in [-0.4, -0.2) is 0 Å². The average molecular weight is 747 g/mol. The number of rotatable bonds is 5. The summed E-state index contributed by atoms with van der Waals surface area (Å²) in [7, 11) is 0. The van der Waals surface area contributed by atoms with Gasteiger partial charge < -0.3 is 0 Å². The third kappa shape index (κ3) is 4.66. The normalized spacial score (nSPS) is 11.9. The van der Waals surface area contributed by atoms with Crippen molar-refractivity contribution < 1.29 is 0 Å². The predicted molar refractivity (Wildman–Crippen MR) is 257 cm³/mol. The Labute approximate surface area is 342 Å². The van der Waals surface area contributed by atoms with Gasteiger partial charge >= 0.3 is 0 Å². The SMILES string of the molecule is C=Cc1c2cc3c4c(-c5ccccc5-c5ccccc5)ccc(-c5ccccc5)c4c4cccc(c2cc2c1c(=C)c1c(C)c5ccccc5c(-c5ccccc5)c12)c43. The molecule has 12 aromatic carbocycles. The highest BCUT2D eigenvalue weighted by atomic mass is 14.3. The van der Waals surface area contributed by atoms with E-state index in [-0.39, 0.29) is 0 Å². The summed E-state index contributed by atoms with van der Waals surface area (Å²) < 4.78 is 0. The van der Waals surface area contributed by atoms with Gasteiger partial charge in [0.25, 0.3) is 0 Å². The van der Waals surface area contributed by atoms with Crippen molar-refractivity contribution in [1.82, 2.24) is 0 Å². The Kier molecular flexibility index (Phi) is 7.25. The van der Waals surface area contributed by atoms with E-state index in [4.69, 9.17) is 6.58 Å². The first kappa shape index (κ1) is 33.6. The lowest BCUT2D eigenvalue weighted by molar-refractivity contribution is 1.58. The van der Waals surface area contributed by atoms with Gasteiger partial charge in [-0.05, 0) is 155 Å². The predicted octanol–water partition coefficient (Wildman–Crippen LogP) is 15.9.